The number of benzene rings is 2. The molecule has 0 amide bonds. The first-order chi connectivity index (χ1) is 11.6. The number of hydrogen-bond donors (Lipinski definition) is 2. The minimum absolute atomic E-state index is 0.220. The van der Waals surface area contributed by atoms with Crippen molar-refractivity contribution < 1.29 is 9.90 Å². The quantitative estimate of drug-likeness (QED) is 0.558. The first kappa shape index (κ1) is 15.5. The maximum atomic E-state index is 11.0. The van der Waals surface area contributed by atoms with E-state index in [0.717, 1.165) is 17.0 Å². The van der Waals surface area contributed by atoms with E-state index in [1.807, 2.05) is 42.0 Å². The average molecular weight is 320 g/mol. The van der Waals surface area contributed by atoms with Crippen LogP contribution in [0, 0.1) is 0 Å². The van der Waals surface area contributed by atoms with Gasteiger partial charge in [-0.25, -0.2) is 9.78 Å². The third kappa shape index (κ3) is 3.49. The second-order valence-corrected chi connectivity index (χ2v) is 5.21. The minimum atomic E-state index is -0.963. The number of aromatic carboxylic acids is 1. The van der Waals surface area contributed by atoms with E-state index in [4.69, 9.17) is 5.11 Å². The Morgan fingerprint density at radius 1 is 1.17 bits per heavy atom. The van der Waals surface area contributed by atoms with Gasteiger partial charge in [0, 0.05) is 18.1 Å². The predicted octanol–water partition coefficient (Wildman–Crippen LogP) is 3.41. The number of imidazole rings is 1. The van der Waals surface area contributed by atoms with Gasteiger partial charge in [-0.1, -0.05) is 18.2 Å². The van der Waals surface area contributed by atoms with Crippen molar-refractivity contribution in [3.05, 3.63) is 78.4 Å². The van der Waals surface area contributed by atoms with Crippen molar-refractivity contribution >= 4 is 17.4 Å². The minimum Gasteiger partial charge on any atom is -0.478 e. The molecule has 24 heavy (non-hydrogen) atoms. The number of carboxylic acid groups (broad SMARTS) is 1. The summed E-state index contributed by atoms with van der Waals surface area (Å²) in [4.78, 5) is 15.0. The number of carbonyl (C=O) groups is 1. The summed E-state index contributed by atoms with van der Waals surface area (Å²) in [5.74, 6) is -0.963. The molecule has 1 heterocycles. The molecule has 2 aromatic carbocycles. The molecule has 0 spiro atoms. The number of hydrogen-bond acceptors (Lipinski definition) is 4. The summed E-state index contributed by atoms with van der Waals surface area (Å²) in [5, 5.41) is 13.3. The van der Waals surface area contributed by atoms with Crippen LogP contribution in [0.4, 0.5) is 5.69 Å². The van der Waals surface area contributed by atoms with Gasteiger partial charge in [0.25, 0.3) is 0 Å². The molecule has 0 saturated carbocycles. The van der Waals surface area contributed by atoms with Crippen LogP contribution in [0.5, 0.6) is 0 Å². The lowest BCUT2D eigenvalue weighted by molar-refractivity contribution is 0.0697. The van der Waals surface area contributed by atoms with Crippen LogP contribution in [0.3, 0.4) is 0 Å². The summed E-state index contributed by atoms with van der Waals surface area (Å²) in [7, 11) is 0. The molecule has 0 bridgehead atoms. The Morgan fingerprint density at radius 3 is 2.62 bits per heavy atom. The van der Waals surface area contributed by atoms with E-state index in [-0.39, 0.29) is 5.56 Å². The summed E-state index contributed by atoms with van der Waals surface area (Å²) in [6.07, 6.45) is 5.36. The number of nitrogens with one attached hydrogen (secondary N) is 1. The predicted molar refractivity (Wildman–Crippen MR) is 92.8 cm³/mol. The molecule has 2 N–H and O–H groups in total. The first-order valence-electron chi connectivity index (χ1n) is 7.36. The molecule has 0 aliphatic carbocycles. The largest absolute Gasteiger partial charge is 0.478 e. The van der Waals surface area contributed by atoms with Gasteiger partial charge in [-0.3, -0.25) is 5.43 Å². The number of aromatic nitrogens is 2. The summed E-state index contributed by atoms with van der Waals surface area (Å²) in [6.45, 7) is 1.89. The fourth-order valence-corrected chi connectivity index (χ4v) is 2.22. The lowest BCUT2D eigenvalue weighted by atomic mass is 10.1. The third-order valence-electron chi connectivity index (χ3n) is 3.55. The smallest absolute Gasteiger partial charge is 0.335 e. The van der Waals surface area contributed by atoms with E-state index in [1.54, 1.807) is 36.8 Å². The molecule has 0 aliphatic rings. The molecule has 0 atom stereocenters. The van der Waals surface area contributed by atoms with E-state index in [1.165, 1.54) is 0 Å². The van der Waals surface area contributed by atoms with Crippen molar-refractivity contribution in [3.8, 4) is 5.69 Å². The lowest BCUT2D eigenvalue weighted by Gasteiger charge is -2.06. The van der Waals surface area contributed by atoms with Gasteiger partial charge >= 0.3 is 5.97 Å². The molecule has 0 unspecified atom stereocenters. The van der Waals surface area contributed by atoms with Crippen LogP contribution >= 0.6 is 0 Å². The highest BCUT2D eigenvalue weighted by atomic mass is 16.4. The van der Waals surface area contributed by atoms with Gasteiger partial charge < -0.3 is 9.67 Å². The van der Waals surface area contributed by atoms with Crippen molar-refractivity contribution in [1.82, 2.24) is 9.55 Å². The van der Waals surface area contributed by atoms with Crippen LogP contribution in [0.25, 0.3) is 5.69 Å². The van der Waals surface area contributed by atoms with E-state index in [9.17, 15) is 4.79 Å². The summed E-state index contributed by atoms with van der Waals surface area (Å²) < 4.78 is 1.92. The summed E-state index contributed by atoms with van der Waals surface area (Å²) in [6, 6.07) is 14.5. The van der Waals surface area contributed by atoms with E-state index < -0.39 is 5.97 Å². The zero-order valence-electron chi connectivity index (χ0n) is 13.0. The normalized spacial score (nSPS) is 11.3. The highest BCUT2D eigenvalue weighted by molar-refractivity contribution is 5.99. The number of anilines is 1. The van der Waals surface area contributed by atoms with Gasteiger partial charge in [0.2, 0.25) is 0 Å². The Labute approximate surface area is 139 Å². The summed E-state index contributed by atoms with van der Waals surface area (Å²) in [5.41, 5.74) is 6.53. The monoisotopic (exact) mass is 320 g/mol. The van der Waals surface area contributed by atoms with Crippen LogP contribution in [0.15, 0.2) is 72.4 Å². The Bertz CT molecular complexity index is 868. The van der Waals surface area contributed by atoms with Crippen molar-refractivity contribution in [2.24, 2.45) is 5.10 Å². The van der Waals surface area contributed by atoms with E-state index in [0.29, 0.717) is 5.69 Å². The molecule has 6 nitrogen and oxygen atoms in total. The molecule has 0 fully saturated rings. The van der Waals surface area contributed by atoms with Gasteiger partial charge in [0.05, 0.1) is 23.3 Å². The van der Waals surface area contributed by atoms with Gasteiger partial charge in [0.1, 0.15) is 0 Å². The van der Waals surface area contributed by atoms with Crippen molar-refractivity contribution in [3.63, 3.8) is 0 Å². The molecule has 120 valence electrons. The van der Waals surface area contributed by atoms with Crippen molar-refractivity contribution in [2.75, 3.05) is 5.43 Å². The Hall–Kier alpha value is -3.41. The number of hydrazone groups is 1. The van der Waals surface area contributed by atoms with Gasteiger partial charge in [-0.2, -0.15) is 5.10 Å². The van der Waals surface area contributed by atoms with Crippen molar-refractivity contribution in [1.29, 1.82) is 0 Å². The molecule has 1 aromatic heterocycles. The number of rotatable bonds is 5. The maximum absolute atomic E-state index is 11.0. The lowest BCUT2D eigenvalue weighted by Crippen LogP contribution is -2.02. The van der Waals surface area contributed by atoms with Crippen LogP contribution < -0.4 is 5.43 Å². The van der Waals surface area contributed by atoms with Crippen molar-refractivity contribution in [2.45, 2.75) is 6.92 Å². The molecule has 3 aromatic rings. The first-order valence-corrected chi connectivity index (χ1v) is 7.36. The number of nitrogens with zero attached hydrogens (tertiary/aromatic N) is 3. The molecule has 0 saturated heterocycles. The van der Waals surface area contributed by atoms with Crippen LogP contribution in [-0.4, -0.2) is 26.3 Å². The third-order valence-corrected chi connectivity index (χ3v) is 3.55. The number of carboxylic acids is 1. The van der Waals surface area contributed by atoms with Crippen LogP contribution in [0.2, 0.25) is 0 Å². The Balaban J connectivity index is 1.74. The SMILES string of the molecule is C/C(=N/Nc1cccc(C(=O)O)c1)c1ccc(-n2ccnc2)cc1. The second-order valence-electron chi connectivity index (χ2n) is 5.21. The molecule has 6 heteroatoms. The highest BCUT2D eigenvalue weighted by Crippen LogP contribution is 2.13. The van der Waals surface area contributed by atoms with Gasteiger partial charge in [0.15, 0.2) is 0 Å². The van der Waals surface area contributed by atoms with E-state index >= 15 is 0 Å². The second kappa shape index (κ2) is 6.78. The molecule has 0 aliphatic heterocycles. The molecule has 0 radical (unpaired) electrons. The zero-order valence-corrected chi connectivity index (χ0v) is 13.0. The topological polar surface area (TPSA) is 79.5 Å². The van der Waals surface area contributed by atoms with Crippen LogP contribution in [0.1, 0.15) is 22.8 Å². The summed E-state index contributed by atoms with van der Waals surface area (Å²) >= 11 is 0. The van der Waals surface area contributed by atoms with Gasteiger partial charge in [-0.05, 0) is 42.8 Å². The fourth-order valence-electron chi connectivity index (χ4n) is 2.22. The Morgan fingerprint density at radius 2 is 1.96 bits per heavy atom. The van der Waals surface area contributed by atoms with Crippen LogP contribution in [-0.2, 0) is 0 Å². The highest BCUT2D eigenvalue weighted by Gasteiger charge is 2.03. The van der Waals surface area contributed by atoms with Gasteiger partial charge in [-0.15, -0.1) is 0 Å². The molecular formula is C18H16N4O2. The Kier molecular flexibility index (Phi) is 4.38. The average Bonchev–Trinajstić information content (AvgIpc) is 3.14. The molecule has 3 rings (SSSR count). The van der Waals surface area contributed by atoms with E-state index in [2.05, 4.69) is 15.5 Å². The maximum Gasteiger partial charge on any atom is 0.335 e. The fraction of sp³-hybridized carbons (Fsp3) is 0.0556. The zero-order chi connectivity index (χ0) is 16.9. The molecular weight excluding hydrogens is 304 g/mol. The standard InChI is InChI=1S/C18H16N4O2/c1-13(20-21-16-4-2-3-15(11-16)18(23)24)14-5-7-17(8-6-14)22-10-9-19-12-22/h2-12,21H,1H3,(H,23,24)/b20-13-.